The van der Waals surface area contributed by atoms with Crippen LogP contribution in [-0.4, -0.2) is 48.5 Å². The van der Waals surface area contributed by atoms with E-state index >= 15 is 0 Å². The lowest BCUT2D eigenvalue weighted by Gasteiger charge is -2.31. The number of hydrogen-bond donors (Lipinski definition) is 2. The molecule has 1 aliphatic carbocycles. The first kappa shape index (κ1) is 24.5. The highest BCUT2D eigenvalue weighted by Crippen LogP contribution is 2.38. The van der Waals surface area contributed by atoms with Crippen LogP contribution in [0, 0.1) is 5.92 Å². The van der Waals surface area contributed by atoms with Crippen molar-refractivity contribution in [1.29, 1.82) is 0 Å². The largest absolute Gasteiger partial charge is 0.495 e. The van der Waals surface area contributed by atoms with Crippen molar-refractivity contribution in [1.82, 2.24) is 9.97 Å². The number of hydrogen-bond acceptors (Lipinski definition) is 7. The number of carbonyl (C=O) groups excluding carboxylic acids is 2. The Hall–Kier alpha value is -4.14. The summed E-state index contributed by atoms with van der Waals surface area (Å²) in [6, 6.07) is 14.8. The molecule has 2 aliphatic rings. The molecular weight excluding hydrogens is 468 g/mol. The topological polar surface area (TPSA) is 99.7 Å². The van der Waals surface area contributed by atoms with Gasteiger partial charge in [0.25, 0.3) is 5.91 Å². The summed E-state index contributed by atoms with van der Waals surface area (Å²) < 4.78 is 5.55. The van der Waals surface area contributed by atoms with Crippen LogP contribution in [0.4, 0.5) is 28.8 Å². The molecule has 1 fully saturated rings. The second-order valence-corrected chi connectivity index (χ2v) is 9.65. The molecule has 2 amide bonds. The van der Waals surface area contributed by atoms with Gasteiger partial charge in [0.2, 0.25) is 11.9 Å². The van der Waals surface area contributed by atoms with Crippen LogP contribution in [0.1, 0.15) is 43.0 Å². The lowest BCUT2D eigenvalue weighted by Crippen LogP contribution is -2.38. The van der Waals surface area contributed by atoms with Crippen molar-refractivity contribution >= 4 is 40.6 Å². The molecule has 192 valence electrons. The summed E-state index contributed by atoms with van der Waals surface area (Å²) in [6.07, 6.45) is 6.25. The Labute approximate surface area is 216 Å². The third-order valence-electron chi connectivity index (χ3n) is 7.11. The van der Waals surface area contributed by atoms with E-state index < -0.39 is 0 Å². The van der Waals surface area contributed by atoms with Gasteiger partial charge < -0.3 is 25.2 Å². The monoisotopic (exact) mass is 500 g/mol. The van der Waals surface area contributed by atoms with Crippen molar-refractivity contribution in [2.24, 2.45) is 5.92 Å². The van der Waals surface area contributed by atoms with E-state index in [4.69, 9.17) is 9.72 Å². The number of fused-ring (bicyclic) bond motifs is 1. The first-order valence-corrected chi connectivity index (χ1v) is 12.7. The van der Waals surface area contributed by atoms with Crippen molar-refractivity contribution in [2.45, 2.75) is 38.6 Å². The molecule has 5 rings (SSSR count). The second-order valence-electron chi connectivity index (χ2n) is 9.65. The van der Waals surface area contributed by atoms with Crippen LogP contribution in [0.3, 0.4) is 0 Å². The highest BCUT2D eigenvalue weighted by Gasteiger charge is 2.35. The quantitative estimate of drug-likeness (QED) is 0.499. The number of benzene rings is 2. The third kappa shape index (κ3) is 5.07. The second kappa shape index (κ2) is 10.5. The van der Waals surface area contributed by atoms with E-state index in [1.54, 1.807) is 55.6 Å². The molecular formula is C28H32N6O3. The van der Waals surface area contributed by atoms with E-state index in [1.807, 2.05) is 25.1 Å². The normalized spacial score (nSPS) is 17.8. The summed E-state index contributed by atoms with van der Waals surface area (Å²) in [5.41, 5.74) is 2.51. The smallest absolute Gasteiger partial charge is 0.255 e. The Kier molecular flexibility index (Phi) is 6.94. The van der Waals surface area contributed by atoms with Gasteiger partial charge in [-0.2, -0.15) is 4.98 Å². The molecule has 1 aliphatic heterocycles. The number of nitrogens with zero attached hydrogens (tertiary/aromatic N) is 4. The summed E-state index contributed by atoms with van der Waals surface area (Å²) in [5.74, 6) is 1.46. The van der Waals surface area contributed by atoms with Gasteiger partial charge in [0.05, 0.1) is 24.9 Å². The number of methoxy groups -OCH3 is 1. The van der Waals surface area contributed by atoms with Gasteiger partial charge in [-0.3, -0.25) is 9.59 Å². The minimum Gasteiger partial charge on any atom is -0.495 e. The van der Waals surface area contributed by atoms with Crippen molar-refractivity contribution in [3.05, 3.63) is 60.3 Å². The molecule has 0 spiro atoms. The predicted molar refractivity (Wildman–Crippen MR) is 145 cm³/mol. The van der Waals surface area contributed by atoms with Crippen LogP contribution in [0.2, 0.25) is 0 Å². The maximum Gasteiger partial charge on any atom is 0.255 e. The summed E-state index contributed by atoms with van der Waals surface area (Å²) in [4.78, 5) is 39.0. The van der Waals surface area contributed by atoms with Gasteiger partial charge in [-0.05, 0) is 43.2 Å². The number of amides is 2. The maximum absolute atomic E-state index is 12.9. The lowest BCUT2D eigenvalue weighted by atomic mass is 10.1. The summed E-state index contributed by atoms with van der Waals surface area (Å²) in [7, 11) is 3.37. The fraction of sp³-hybridized carbons (Fsp3) is 0.357. The third-order valence-corrected chi connectivity index (χ3v) is 7.11. The summed E-state index contributed by atoms with van der Waals surface area (Å²) in [5, 5.41) is 6.19. The zero-order valence-electron chi connectivity index (χ0n) is 21.4. The van der Waals surface area contributed by atoms with Crippen LogP contribution in [0.15, 0.2) is 54.7 Å². The molecule has 3 aromatic rings. The standard InChI is InChI=1S/C28H32N6O3/c1-18-17-34(21-11-7-8-12-21)25-23(33(2)27(18)36)16-29-28(32-25)31-22-15-20(13-14-24(22)37-3)30-26(35)19-9-5-4-6-10-19/h4-6,9-10,13-16,18,21H,7-8,11-12,17H2,1-3H3,(H,30,35)(H,29,31,32). The summed E-state index contributed by atoms with van der Waals surface area (Å²) in [6.45, 7) is 2.60. The van der Waals surface area contributed by atoms with Gasteiger partial charge in [0, 0.05) is 30.9 Å². The first-order valence-electron chi connectivity index (χ1n) is 12.7. The molecule has 0 bridgehead atoms. The number of anilines is 5. The maximum atomic E-state index is 12.9. The number of nitrogens with one attached hydrogen (secondary N) is 2. The van der Waals surface area contributed by atoms with Gasteiger partial charge >= 0.3 is 0 Å². The van der Waals surface area contributed by atoms with E-state index in [0.29, 0.717) is 46.9 Å². The van der Waals surface area contributed by atoms with Crippen molar-refractivity contribution in [3.8, 4) is 5.75 Å². The van der Waals surface area contributed by atoms with Gasteiger partial charge in [-0.25, -0.2) is 4.98 Å². The Bertz CT molecular complexity index is 1290. The Balaban J connectivity index is 1.45. The zero-order chi connectivity index (χ0) is 25.9. The number of carbonyl (C=O) groups is 2. The molecule has 2 N–H and O–H groups in total. The minimum atomic E-state index is -0.202. The van der Waals surface area contributed by atoms with Crippen molar-refractivity contribution in [3.63, 3.8) is 0 Å². The molecule has 0 saturated heterocycles. The first-order chi connectivity index (χ1) is 17.9. The molecule has 2 heterocycles. The highest BCUT2D eigenvalue weighted by atomic mass is 16.5. The van der Waals surface area contributed by atoms with Gasteiger partial charge in [-0.1, -0.05) is 38.0 Å². The van der Waals surface area contributed by atoms with E-state index in [2.05, 4.69) is 20.5 Å². The van der Waals surface area contributed by atoms with Crippen LogP contribution < -0.4 is 25.2 Å². The Morgan fingerprint density at radius 3 is 2.59 bits per heavy atom. The Morgan fingerprint density at radius 2 is 1.86 bits per heavy atom. The Morgan fingerprint density at radius 1 is 1.11 bits per heavy atom. The SMILES string of the molecule is COc1ccc(NC(=O)c2ccccc2)cc1Nc1ncc2c(n1)N(C1CCCC1)CC(C)C(=O)N2C. The van der Waals surface area contributed by atoms with Gasteiger partial charge in [-0.15, -0.1) is 0 Å². The average Bonchev–Trinajstić information content (AvgIpc) is 3.43. The van der Waals surface area contributed by atoms with E-state index in [-0.39, 0.29) is 17.7 Å². The molecule has 1 unspecified atom stereocenters. The van der Waals surface area contributed by atoms with Crippen molar-refractivity contribution in [2.75, 3.05) is 41.1 Å². The lowest BCUT2D eigenvalue weighted by molar-refractivity contribution is -0.121. The highest BCUT2D eigenvalue weighted by molar-refractivity contribution is 6.04. The predicted octanol–water partition coefficient (Wildman–Crippen LogP) is 4.84. The summed E-state index contributed by atoms with van der Waals surface area (Å²) >= 11 is 0. The molecule has 9 heteroatoms. The number of rotatable bonds is 6. The number of aromatic nitrogens is 2. The molecule has 9 nitrogen and oxygen atoms in total. The van der Waals surface area contributed by atoms with Crippen LogP contribution >= 0.6 is 0 Å². The molecule has 1 atom stereocenters. The zero-order valence-corrected chi connectivity index (χ0v) is 21.4. The van der Waals surface area contributed by atoms with Gasteiger partial charge in [0.1, 0.15) is 11.4 Å². The molecule has 1 saturated carbocycles. The fourth-order valence-corrected chi connectivity index (χ4v) is 5.12. The van der Waals surface area contributed by atoms with E-state index in [1.165, 1.54) is 12.8 Å². The molecule has 37 heavy (non-hydrogen) atoms. The molecule has 1 aromatic heterocycles. The fourth-order valence-electron chi connectivity index (χ4n) is 5.12. The molecule has 0 radical (unpaired) electrons. The molecule has 2 aromatic carbocycles. The van der Waals surface area contributed by atoms with Crippen LogP contribution in [0.25, 0.3) is 0 Å². The van der Waals surface area contributed by atoms with E-state index in [9.17, 15) is 9.59 Å². The van der Waals surface area contributed by atoms with Crippen LogP contribution in [-0.2, 0) is 4.79 Å². The average molecular weight is 501 g/mol. The minimum absolute atomic E-state index is 0.0644. The number of ether oxygens (including phenoxy) is 1. The van der Waals surface area contributed by atoms with Gasteiger partial charge in [0.15, 0.2) is 5.82 Å². The van der Waals surface area contributed by atoms with E-state index in [0.717, 1.165) is 18.7 Å². The van der Waals surface area contributed by atoms with Crippen molar-refractivity contribution < 1.29 is 14.3 Å². The van der Waals surface area contributed by atoms with Crippen LogP contribution in [0.5, 0.6) is 5.75 Å².